The normalized spacial score (nSPS) is 12.2. The molecule has 0 aliphatic carbocycles. The molecule has 0 aliphatic heterocycles. The van der Waals surface area contributed by atoms with Crippen LogP contribution < -0.4 is 40.2 Å². The lowest BCUT2D eigenvalue weighted by Gasteiger charge is -2.21. The summed E-state index contributed by atoms with van der Waals surface area (Å²) >= 11 is 0. The molecule has 4 N–H and O–H groups in total. The molecule has 0 heterocycles. The fraction of sp³-hybridized carbons (Fsp3) is 0.300. The standard InChI is InChI=1S/2C40H44N4O8/c2*1-27(2)37(39(47)51-23-29-15-7-5-8-16-29)41-35(45)25-49-33-21-13-11-19-31(33)43-44-32-20-12-14-22-34(32)50-26-36(46)42-38(28(3)4)40(48)52-24-30-17-9-6-10-18-30/h2*5-22,27-28,37-38H,23-26H2,1-4H3,(H,41,45)(H,42,46)/t2*37-,38-/m00/s1. The molecule has 8 rings (SSSR count). The fourth-order valence-corrected chi connectivity index (χ4v) is 9.56. The summed E-state index contributed by atoms with van der Waals surface area (Å²) in [5.74, 6) is -3.96. The number of para-hydroxylation sites is 4. The van der Waals surface area contributed by atoms with E-state index in [1.165, 1.54) is 0 Å². The maximum Gasteiger partial charge on any atom is 0.329 e. The van der Waals surface area contributed by atoms with Gasteiger partial charge < -0.3 is 59.2 Å². The molecular formula is C80H88N8O16. The maximum absolute atomic E-state index is 12.8. The van der Waals surface area contributed by atoms with Crippen molar-refractivity contribution in [3.05, 3.63) is 241 Å². The number of azo groups is 2. The van der Waals surface area contributed by atoms with Crippen LogP contribution in [0.2, 0.25) is 0 Å². The molecule has 544 valence electrons. The first kappa shape index (κ1) is 79.2. The number of nitrogens with zero attached hydrogens (tertiary/aromatic N) is 4. The van der Waals surface area contributed by atoms with Gasteiger partial charge in [-0.15, -0.1) is 20.5 Å². The number of ether oxygens (including phenoxy) is 8. The Morgan fingerprint density at radius 2 is 0.433 bits per heavy atom. The van der Waals surface area contributed by atoms with Gasteiger partial charge in [0.1, 0.15) is 96.3 Å². The first-order valence-corrected chi connectivity index (χ1v) is 33.9. The van der Waals surface area contributed by atoms with Crippen molar-refractivity contribution in [3.8, 4) is 23.0 Å². The monoisotopic (exact) mass is 1420 g/mol. The Morgan fingerprint density at radius 1 is 0.260 bits per heavy atom. The van der Waals surface area contributed by atoms with Gasteiger partial charge in [-0.1, -0.05) is 225 Å². The molecule has 0 saturated heterocycles. The highest BCUT2D eigenvalue weighted by Gasteiger charge is 2.30. The Hall–Kier alpha value is -12.1. The third-order valence-electron chi connectivity index (χ3n) is 15.3. The topological polar surface area (TPSA) is 308 Å². The second kappa shape index (κ2) is 42.2. The van der Waals surface area contributed by atoms with E-state index in [1.807, 2.05) is 177 Å². The molecule has 8 aromatic rings. The van der Waals surface area contributed by atoms with Crippen LogP contribution in [0.1, 0.15) is 77.6 Å². The summed E-state index contributed by atoms with van der Waals surface area (Å²) in [6.45, 7) is 13.4. The molecule has 4 amide bonds. The van der Waals surface area contributed by atoms with Crippen molar-refractivity contribution >= 4 is 70.3 Å². The molecule has 104 heavy (non-hydrogen) atoms. The van der Waals surface area contributed by atoms with E-state index in [0.717, 1.165) is 22.3 Å². The van der Waals surface area contributed by atoms with Crippen molar-refractivity contribution < 1.29 is 76.3 Å². The third-order valence-corrected chi connectivity index (χ3v) is 15.3. The number of hydrogen-bond donors (Lipinski definition) is 4. The van der Waals surface area contributed by atoms with Gasteiger partial charge in [0.2, 0.25) is 0 Å². The van der Waals surface area contributed by atoms with Crippen LogP contribution in [0.5, 0.6) is 23.0 Å². The zero-order chi connectivity index (χ0) is 74.6. The Morgan fingerprint density at radius 3 is 0.615 bits per heavy atom. The third kappa shape index (κ3) is 27.1. The SMILES string of the molecule is CC(C)[C@H](NC(=O)COc1ccccc1N=Nc1ccccc1OCC(=O)N[C@H](C(=O)OCc1ccccc1)C(C)C)C(=O)OCc1ccccc1.CC(C)[C@H](NC(=O)COc1ccccc1N=Nc1ccccc1OCC(=O)N[C@H](C(=O)OCc1ccccc1)C(C)C)C(=O)OCc1ccccc1. The average Bonchev–Trinajstić information content (AvgIpc) is 0.992. The van der Waals surface area contributed by atoms with Gasteiger partial charge in [0, 0.05) is 0 Å². The largest absolute Gasteiger partial charge is 0.481 e. The van der Waals surface area contributed by atoms with Crippen LogP contribution in [-0.4, -0.2) is 98.1 Å². The van der Waals surface area contributed by atoms with Gasteiger partial charge in [0.25, 0.3) is 23.6 Å². The van der Waals surface area contributed by atoms with Gasteiger partial charge >= 0.3 is 23.9 Å². The first-order valence-electron chi connectivity index (χ1n) is 33.9. The number of nitrogens with one attached hydrogen (secondary N) is 4. The second-order valence-corrected chi connectivity index (χ2v) is 25.0. The van der Waals surface area contributed by atoms with Crippen LogP contribution in [0, 0.1) is 23.7 Å². The van der Waals surface area contributed by atoms with Gasteiger partial charge in [-0.05, 0) is 94.5 Å². The second-order valence-electron chi connectivity index (χ2n) is 25.0. The van der Waals surface area contributed by atoms with Crippen LogP contribution in [0.4, 0.5) is 22.7 Å². The van der Waals surface area contributed by atoms with E-state index in [0.29, 0.717) is 22.7 Å². The van der Waals surface area contributed by atoms with Crippen molar-refractivity contribution in [2.24, 2.45) is 44.1 Å². The quantitative estimate of drug-likeness (QED) is 0.0161. The van der Waals surface area contributed by atoms with Crippen LogP contribution in [0.3, 0.4) is 0 Å². The number of amides is 4. The molecule has 0 spiro atoms. The van der Waals surface area contributed by atoms with Crippen molar-refractivity contribution in [1.29, 1.82) is 0 Å². The van der Waals surface area contributed by atoms with E-state index in [2.05, 4.69) is 41.7 Å². The van der Waals surface area contributed by atoms with Gasteiger partial charge in [0.05, 0.1) is 0 Å². The maximum atomic E-state index is 12.8. The minimum atomic E-state index is -0.863. The Labute approximate surface area is 605 Å². The molecule has 0 bridgehead atoms. The minimum absolute atomic E-state index is 0.0968. The van der Waals surface area contributed by atoms with Crippen molar-refractivity contribution in [1.82, 2.24) is 21.3 Å². The van der Waals surface area contributed by atoms with E-state index in [1.54, 1.807) is 97.1 Å². The Kier molecular flexibility index (Phi) is 32.2. The minimum Gasteiger partial charge on any atom is -0.481 e. The van der Waals surface area contributed by atoms with Gasteiger partial charge in [0.15, 0.2) is 26.4 Å². The highest BCUT2D eigenvalue weighted by atomic mass is 16.6. The Bertz CT molecular complexity index is 3600. The molecule has 4 atom stereocenters. The van der Waals surface area contributed by atoms with Crippen LogP contribution in [0.25, 0.3) is 0 Å². The summed E-state index contributed by atoms with van der Waals surface area (Å²) in [7, 11) is 0. The zero-order valence-electron chi connectivity index (χ0n) is 59.4. The number of hydrogen-bond acceptors (Lipinski definition) is 20. The van der Waals surface area contributed by atoms with Crippen LogP contribution >= 0.6 is 0 Å². The molecule has 0 saturated carbocycles. The summed E-state index contributed by atoms with van der Waals surface area (Å²) in [5, 5.41) is 28.0. The summed E-state index contributed by atoms with van der Waals surface area (Å²) < 4.78 is 44.8. The van der Waals surface area contributed by atoms with Crippen molar-refractivity contribution in [2.45, 2.75) is 106 Å². The molecule has 0 unspecified atom stereocenters. The number of carbonyl (C=O) groups excluding carboxylic acids is 8. The molecule has 24 nitrogen and oxygen atoms in total. The molecule has 0 aromatic heterocycles. The lowest BCUT2D eigenvalue weighted by molar-refractivity contribution is -0.151. The van der Waals surface area contributed by atoms with Gasteiger partial charge in [-0.2, -0.15) is 0 Å². The predicted molar refractivity (Wildman–Crippen MR) is 388 cm³/mol. The highest BCUT2D eigenvalue weighted by molar-refractivity contribution is 5.88. The summed E-state index contributed by atoms with van der Waals surface area (Å²) in [4.78, 5) is 102. The number of benzene rings is 8. The van der Waals surface area contributed by atoms with Gasteiger partial charge in [-0.3, -0.25) is 19.2 Å². The van der Waals surface area contributed by atoms with Crippen molar-refractivity contribution in [3.63, 3.8) is 0 Å². The number of rotatable bonds is 36. The van der Waals surface area contributed by atoms with E-state index in [4.69, 9.17) is 37.9 Å². The lowest BCUT2D eigenvalue weighted by Crippen LogP contribution is -2.46. The molecule has 0 radical (unpaired) electrons. The smallest absolute Gasteiger partial charge is 0.329 e. The predicted octanol–water partition coefficient (Wildman–Crippen LogP) is 13.3. The van der Waals surface area contributed by atoms with E-state index in [-0.39, 0.29) is 99.5 Å². The summed E-state index contributed by atoms with van der Waals surface area (Å²) in [5.41, 5.74) is 4.69. The lowest BCUT2D eigenvalue weighted by atomic mass is 10.0. The van der Waals surface area contributed by atoms with Crippen LogP contribution in [0.15, 0.2) is 239 Å². The summed E-state index contributed by atoms with van der Waals surface area (Å²) in [6, 6.07) is 60.7. The first-order chi connectivity index (χ1) is 50.2. The summed E-state index contributed by atoms with van der Waals surface area (Å²) in [6.07, 6.45) is 0. The molecule has 0 aliphatic rings. The molecule has 8 aromatic carbocycles. The van der Waals surface area contributed by atoms with Crippen molar-refractivity contribution in [2.75, 3.05) is 26.4 Å². The highest BCUT2D eigenvalue weighted by Crippen LogP contribution is 2.34. The Balaban J connectivity index is 0.000000291. The average molecular weight is 1420 g/mol. The van der Waals surface area contributed by atoms with E-state index >= 15 is 0 Å². The zero-order valence-corrected chi connectivity index (χ0v) is 59.4. The molecular weight excluding hydrogens is 1330 g/mol. The molecule has 24 heteroatoms. The number of esters is 4. The fourth-order valence-electron chi connectivity index (χ4n) is 9.56. The van der Waals surface area contributed by atoms with Gasteiger partial charge in [-0.25, -0.2) is 19.2 Å². The molecule has 0 fully saturated rings. The van der Waals surface area contributed by atoms with E-state index < -0.39 is 71.7 Å². The van der Waals surface area contributed by atoms with E-state index in [9.17, 15) is 38.4 Å². The number of carbonyl (C=O) groups is 8. The van der Waals surface area contributed by atoms with Crippen LogP contribution in [-0.2, 0) is 83.7 Å².